The van der Waals surface area contributed by atoms with Crippen LogP contribution in [0.3, 0.4) is 0 Å². The summed E-state index contributed by atoms with van der Waals surface area (Å²) in [6.07, 6.45) is -0.191. The van der Waals surface area contributed by atoms with E-state index < -0.39 is 12.1 Å². The van der Waals surface area contributed by atoms with Gasteiger partial charge in [-0.1, -0.05) is 30.3 Å². The van der Waals surface area contributed by atoms with Crippen LogP contribution < -0.4 is 11.1 Å². The third-order valence-electron chi connectivity index (χ3n) is 2.48. The van der Waals surface area contributed by atoms with Crippen LogP contribution in [0.1, 0.15) is 12.0 Å². The lowest BCUT2D eigenvalue weighted by Gasteiger charge is -2.18. The van der Waals surface area contributed by atoms with Gasteiger partial charge in [-0.2, -0.15) is 0 Å². The number of benzene rings is 1. The number of hydrogen-bond acceptors (Lipinski definition) is 3. The Morgan fingerprint density at radius 2 is 2.06 bits per heavy atom. The van der Waals surface area contributed by atoms with Gasteiger partial charge in [-0.15, -0.1) is 0 Å². The number of aliphatic hydroxyl groups is 1. The van der Waals surface area contributed by atoms with Crippen molar-refractivity contribution < 1.29 is 9.90 Å². The lowest BCUT2D eigenvalue weighted by molar-refractivity contribution is -0.122. The van der Waals surface area contributed by atoms with Gasteiger partial charge >= 0.3 is 0 Å². The summed E-state index contributed by atoms with van der Waals surface area (Å²) in [6, 6.07) is 9.26. The van der Waals surface area contributed by atoms with Gasteiger partial charge in [0.15, 0.2) is 0 Å². The molecule has 0 fully saturated rings. The zero-order valence-corrected chi connectivity index (χ0v) is 9.39. The van der Waals surface area contributed by atoms with Crippen LogP contribution in [0.5, 0.6) is 0 Å². The first-order valence-corrected chi connectivity index (χ1v) is 5.31. The van der Waals surface area contributed by atoms with Crippen LogP contribution in [0, 0.1) is 0 Å². The lowest BCUT2D eigenvalue weighted by atomic mass is 10.00. The second-order valence-electron chi connectivity index (χ2n) is 3.80. The van der Waals surface area contributed by atoms with Crippen LogP contribution >= 0.6 is 0 Å². The number of hydrogen-bond donors (Lipinski definition) is 3. The number of rotatable bonds is 5. The Morgan fingerprint density at radius 1 is 1.44 bits per heavy atom. The highest BCUT2D eigenvalue weighted by atomic mass is 16.3. The average molecular weight is 222 g/mol. The minimum absolute atomic E-state index is 0.0461. The van der Waals surface area contributed by atoms with Gasteiger partial charge in [0.2, 0.25) is 5.91 Å². The van der Waals surface area contributed by atoms with Crippen molar-refractivity contribution in [3.05, 3.63) is 35.9 Å². The highest BCUT2D eigenvalue weighted by Crippen LogP contribution is 2.06. The molecule has 0 radical (unpaired) electrons. The van der Waals surface area contributed by atoms with Crippen molar-refractivity contribution in [1.29, 1.82) is 0 Å². The summed E-state index contributed by atoms with van der Waals surface area (Å²) in [5.41, 5.74) is 6.88. The molecule has 0 saturated heterocycles. The number of nitrogens with one attached hydrogen (secondary N) is 1. The quantitative estimate of drug-likeness (QED) is 0.659. The van der Waals surface area contributed by atoms with E-state index in [1.54, 1.807) is 0 Å². The van der Waals surface area contributed by atoms with Gasteiger partial charge in [-0.25, -0.2) is 0 Å². The molecule has 0 saturated carbocycles. The largest absolute Gasteiger partial charge is 0.391 e. The highest BCUT2D eigenvalue weighted by molar-refractivity contribution is 5.76. The molecule has 1 rings (SSSR count). The maximum Gasteiger partial charge on any atom is 0.222 e. The molecular weight excluding hydrogens is 204 g/mol. The zero-order chi connectivity index (χ0) is 12.0. The van der Waals surface area contributed by atoms with E-state index in [2.05, 4.69) is 5.32 Å². The van der Waals surface area contributed by atoms with Gasteiger partial charge in [-0.3, -0.25) is 4.79 Å². The maximum absolute atomic E-state index is 11.1. The summed E-state index contributed by atoms with van der Waals surface area (Å²) >= 11 is 0. The normalized spacial score (nSPS) is 14.2. The third kappa shape index (κ3) is 4.00. The molecule has 88 valence electrons. The molecule has 1 aromatic rings. The van der Waals surface area contributed by atoms with Crippen LogP contribution in [-0.2, 0) is 11.2 Å². The molecule has 0 heterocycles. The summed E-state index contributed by atoms with van der Waals surface area (Å²) in [6.45, 7) is 0. The summed E-state index contributed by atoms with van der Waals surface area (Å²) in [5.74, 6) is -0.198. The molecule has 0 aliphatic rings. The first kappa shape index (κ1) is 12.7. The van der Waals surface area contributed by atoms with Crippen molar-refractivity contribution in [2.24, 2.45) is 5.73 Å². The van der Waals surface area contributed by atoms with E-state index >= 15 is 0 Å². The summed E-state index contributed by atoms with van der Waals surface area (Å²) in [4.78, 5) is 11.1. The fourth-order valence-electron chi connectivity index (χ4n) is 1.47. The van der Waals surface area contributed by atoms with Crippen molar-refractivity contribution in [2.45, 2.75) is 25.0 Å². The van der Waals surface area contributed by atoms with E-state index in [-0.39, 0.29) is 12.3 Å². The molecule has 0 spiro atoms. The van der Waals surface area contributed by atoms with Gasteiger partial charge in [0.05, 0.1) is 12.5 Å². The summed E-state index contributed by atoms with van der Waals surface area (Å²) in [7, 11) is 1.54. The van der Waals surface area contributed by atoms with E-state index in [0.29, 0.717) is 6.42 Å². The molecule has 16 heavy (non-hydrogen) atoms. The Labute approximate surface area is 95.5 Å². The SMILES string of the molecule is CNC(=O)C[C@@H](O)[C@@H](N)Cc1ccccc1. The van der Waals surface area contributed by atoms with Crippen molar-refractivity contribution in [3.8, 4) is 0 Å². The van der Waals surface area contributed by atoms with E-state index in [4.69, 9.17) is 5.73 Å². The van der Waals surface area contributed by atoms with Crippen molar-refractivity contribution in [3.63, 3.8) is 0 Å². The minimum atomic E-state index is -0.805. The minimum Gasteiger partial charge on any atom is -0.391 e. The van der Waals surface area contributed by atoms with Crippen molar-refractivity contribution in [1.82, 2.24) is 5.32 Å². The van der Waals surface area contributed by atoms with Gasteiger partial charge < -0.3 is 16.2 Å². The average Bonchev–Trinajstić information content (AvgIpc) is 2.30. The fourth-order valence-corrected chi connectivity index (χ4v) is 1.47. The van der Waals surface area contributed by atoms with Crippen LogP contribution in [0.2, 0.25) is 0 Å². The summed E-state index contributed by atoms with van der Waals surface area (Å²) in [5, 5.41) is 12.2. The molecule has 4 N–H and O–H groups in total. The molecule has 2 atom stereocenters. The molecule has 0 aliphatic heterocycles. The maximum atomic E-state index is 11.1. The van der Waals surface area contributed by atoms with Crippen LogP contribution in [-0.4, -0.2) is 30.2 Å². The van der Waals surface area contributed by atoms with Gasteiger partial charge in [-0.05, 0) is 12.0 Å². The van der Waals surface area contributed by atoms with E-state index in [1.165, 1.54) is 7.05 Å². The standard InChI is InChI=1S/C12H18N2O2/c1-14-12(16)8-11(15)10(13)7-9-5-3-2-4-6-9/h2-6,10-11,15H,7-8,13H2,1H3,(H,14,16)/t10-,11+/m0/s1. The predicted octanol–water partition coefficient (Wildman–Crippen LogP) is 0.0534. The first-order chi connectivity index (χ1) is 7.63. The molecule has 1 amide bonds. The predicted molar refractivity (Wildman–Crippen MR) is 62.8 cm³/mol. The fraction of sp³-hybridized carbons (Fsp3) is 0.417. The van der Waals surface area contributed by atoms with Crippen LogP contribution in [0.15, 0.2) is 30.3 Å². The van der Waals surface area contributed by atoms with Gasteiger partial charge in [0.25, 0.3) is 0 Å². The molecule has 0 aromatic heterocycles. The Hall–Kier alpha value is -1.39. The Morgan fingerprint density at radius 3 is 2.62 bits per heavy atom. The number of aliphatic hydroxyl groups excluding tert-OH is 1. The van der Waals surface area contributed by atoms with Crippen LogP contribution in [0.25, 0.3) is 0 Å². The third-order valence-corrected chi connectivity index (χ3v) is 2.48. The number of carbonyl (C=O) groups excluding carboxylic acids is 1. The van der Waals surface area contributed by atoms with Crippen molar-refractivity contribution >= 4 is 5.91 Å². The molecule has 0 aliphatic carbocycles. The Kier molecular flexibility index (Phi) is 4.95. The first-order valence-electron chi connectivity index (χ1n) is 5.31. The van der Waals surface area contributed by atoms with Crippen molar-refractivity contribution in [2.75, 3.05) is 7.05 Å². The monoisotopic (exact) mass is 222 g/mol. The second kappa shape index (κ2) is 6.25. The topological polar surface area (TPSA) is 75.3 Å². The van der Waals surface area contributed by atoms with E-state index in [1.807, 2.05) is 30.3 Å². The number of nitrogens with two attached hydrogens (primary N) is 1. The van der Waals surface area contributed by atoms with Crippen LogP contribution in [0.4, 0.5) is 0 Å². The van der Waals surface area contributed by atoms with Gasteiger partial charge in [0.1, 0.15) is 0 Å². The molecule has 0 unspecified atom stereocenters. The van der Waals surface area contributed by atoms with E-state index in [0.717, 1.165) is 5.56 Å². The van der Waals surface area contributed by atoms with Gasteiger partial charge in [0, 0.05) is 13.1 Å². The lowest BCUT2D eigenvalue weighted by Crippen LogP contribution is -2.39. The molecule has 4 nitrogen and oxygen atoms in total. The summed E-state index contributed by atoms with van der Waals surface area (Å²) < 4.78 is 0. The molecule has 4 heteroatoms. The second-order valence-corrected chi connectivity index (χ2v) is 3.80. The number of amides is 1. The zero-order valence-electron chi connectivity index (χ0n) is 9.39. The number of carbonyl (C=O) groups is 1. The highest BCUT2D eigenvalue weighted by Gasteiger charge is 2.17. The smallest absolute Gasteiger partial charge is 0.222 e. The molecule has 0 bridgehead atoms. The van der Waals surface area contributed by atoms with E-state index in [9.17, 15) is 9.90 Å². The molecular formula is C12H18N2O2. The Balaban J connectivity index is 2.46. The molecule has 1 aromatic carbocycles. The Bertz CT molecular complexity index is 327.